The third kappa shape index (κ3) is 4.08. The Morgan fingerprint density at radius 3 is 2.35 bits per heavy atom. The van der Waals surface area contributed by atoms with E-state index in [4.69, 9.17) is 23.2 Å². The first kappa shape index (κ1) is 16.4. The van der Waals surface area contributed by atoms with Crippen LogP contribution in [0.5, 0.6) is 0 Å². The zero-order valence-corrected chi connectivity index (χ0v) is 14.3. The summed E-state index contributed by atoms with van der Waals surface area (Å²) >= 11 is 14.2. The van der Waals surface area contributed by atoms with Crippen molar-refractivity contribution in [1.29, 1.82) is 0 Å². The Kier molecular flexibility index (Phi) is 5.26. The highest BCUT2D eigenvalue weighted by molar-refractivity contribution is 7.99. The molecule has 2 unspecified atom stereocenters. The van der Waals surface area contributed by atoms with Crippen LogP contribution < -0.4 is 0 Å². The van der Waals surface area contributed by atoms with E-state index < -0.39 is 0 Å². The van der Waals surface area contributed by atoms with Crippen molar-refractivity contribution in [1.82, 2.24) is 9.55 Å². The second-order valence-corrected chi connectivity index (χ2v) is 7.03. The molecule has 3 rings (SSSR count). The minimum absolute atomic E-state index is 0.0754. The van der Waals surface area contributed by atoms with E-state index in [1.807, 2.05) is 35.0 Å². The van der Waals surface area contributed by atoms with Crippen LogP contribution in [0.4, 0.5) is 4.39 Å². The van der Waals surface area contributed by atoms with Gasteiger partial charge in [-0.1, -0.05) is 35.3 Å². The van der Waals surface area contributed by atoms with E-state index in [9.17, 15) is 4.39 Å². The number of imidazole rings is 1. The molecule has 2 nitrogen and oxygen atoms in total. The highest BCUT2D eigenvalue weighted by Crippen LogP contribution is 2.45. The quantitative estimate of drug-likeness (QED) is 0.410. The standard InChI is InChI=1S/C17H13Cl2FN2S/c18-13-3-1-12(2-4-13)16(17(19)22-10-9-21-11-22)23-15-7-5-14(20)6-8-15/h1-11,16-17H. The van der Waals surface area contributed by atoms with Crippen LogP contribution in [0, 0.1) is 5.82 Å². The number of halogens is 3. The molecule has 118 valence electrons. The Labute approximate surface area is 148 Å². The fourth-order valence-corrected chi connectivity index (χ4v) is 3.84. The molecule has 0 aliphatic heterocycles. The molecule has 23 heavy (non-hydrogen) atoms. The van der Waals surface area contributed by atoms with Gasteiger partial charge in [0, 0.05) is 22.3 Å². The summed E-state index contributed by atoms with van der Waals surface area (Å²) in [6, 6.07) is 14.0. The highest BCUT2D eigenvalue weighted by Gasteiger charge is 2.24. The van der Waals surface area contributed by atoms with E-state index >= 15 is 0 Å². The molecule has 0 saturated carbocycles. The van der Waals surface area contributed by atoms with Gasteiger partial charge >= 0.3 is 0 Å². The smallest absolute Gasteiger partial charge is 0.125 e. The lowest BCUT2D eigenvalue weighted by Gasteiger charge is -2.23. The largest absolute Gasteiger partial charge is 0.319 e. The van der Waals surface area contributed by atoms with Crippen molar-refractivity contribution >= 4 is 35.0 Å². The molecular formula is C17H13Cl2FN2S. The minimum Gasteiger partial charge on any atom is -0.319 e. The molecule has 0 spiro atoms. The fourth-order valence-electron chi connectivity index (χ4n) is 2.17. The lowest BCUT2D eigenvalue weighted by molar-refractivity contribution is 0.626. The Balaban J connectivity index is 1.92. The van der Waals surface area contributed by atoms with Gasteiger partial charge in [0.25, 0.3) is 0 Å². The van der Waals surface area contributed by atoms with E-state index in [1.165, 1.54) is 12.1 Å². The second-order valence-electron chi connectivity index (χ2n) is 4.93. The topological polar surface area (TPSA) is 17.8 Å². The number of hydrogen-bond donors (Lipinski definition) is 0. The van der Waals surface area contributed by atoms with Crippen LogP contribution in [0.2, 0.25) is 5.02 Å². The molecular weight excluding hydrogens is 354 g/mol. The average Bonchev–Trinajstić information content (AvgIpc) is 3.09. The Morgan fingerprint density at radius 2 is 1.74 bits per heavy atom. The van der Waals surface area contributed by atoms with Crippen LogP contribution >= 0.6 is 35.0 Å². The van der Waals surface area contributed by atoms with Crippen molar-refractivity contribution in [2.75, 3.05) is 0 Å². The number of alkyl halides is 1. The van der Waals surface area contributed by atoms with Crippen molar-refractivity contribution in [3.8, 4) is 0 Å². The zero-order chi connectivity index (χ0) is 16.2. The van der Waals surface area contributed by atoms with Crippen LogP contribution in [0.15, 0.2) is 72.1 Å². The molecule has 0 N–H and O–H groups in total. The molecule has 0 aliphatic carbocycles. The van der Waals surface area contributed by atoms with Crippen LogP contribution in [-0.4, -0.2) is 9.55 Å². The molecule has 0 radical (unpaired) electrons. The third-order valence-electron chi connectivity index (χ3n) is 3.33. The van der Waals surface area contributed by atoms with Gasteiger partial charge in [0.05, 0.1) is 11.6 Å². The van der Waals surface area contributed by atoms with Gasteiger partial charge in [-0.05, 0) is 42.0 Å². The predicted molar refractivity (Wildman–Crippen MR) is 93.6 cm³/mol. The van der Waals surface area contributed by atoms with Crippen molar-refractivity contribution in [2.45, 2.75) is 15.6 Å². The zero-order valence-electron chi connectivity index (χ0n) is 11.9. The fraction of sp³-hybridized carbons (Fsp3) is 0.118. The minimum atomic E-state index is -0.339. The molecule has 6 heteroatoms. The van der Waals surface area contributed by atoms with Crippen molar-refractivity contribution < 1.29 is 4.39 Å². The highest BCUT2D eigenvalue weighted by atomic mass is 35.5. The van der Waals surface area contributed by atoms with Gasteiger partial charge in [0.1, 0.15) is 11.3 Å². The Morgan fingerprint density at radius 1 is 1.04 bits per heavy atom. The van der Waals surface area contributed by atoms with Crippen LogP contribution in [-0.2, 0) is 0 Å². The first-order chi connectivity index (χ1) is 11.1. The molecule has 2 aromatic carbocycles. The van der Waals surface area contributed by atoms with Crippen molar-refractivity contribution in [3.63, 3.8) is 0 Å². The maximum absolute atomic E-state index is 13.1. The summed E-state index contributed by atoms with van der Waals surface area (Å²) < 4.78 is 15.0. The molecule has 3 aromatic rings. The summed E-state index contributed by atoms with van der Waals surface area (Å²) in [7, 11) is 0. The number of thioether (sulfide) groups is 1. The summed E-state index contributed by atoms with van der Waals surface area (Å²) in [5.41, 5.74) is 0.700. The summed E-state index contributed by atoms with van der Waals surface area (Å²) in [5.74, 6) is -0.255. The molecule has 1 heterocycles. The van der Waals surface area contributed by atoms with Gasteiger partial charge in [0.2, 0.25) is 0 Å². The predicted octanol–water partition coefficient (Wildman–Crippen LogP) is 5.95. The SMILES string of the molecule is Fc1ccc(SC(c2ccc(Cl)cc2)C(Cl)n2ccnc2)cc1. The Bertz CT molecular complexity index is 745. The number of hydrogen-bond acceptors (Lipinski definition) is 2. The monoisotopic (exact) mass is 366 g/mol. The van der Waals surface area contributed by atoms with Gasteiger partial charge < -0.3 is 4.57 Å². The van der Waals surface area contributed by atoms with Crippen LogP contribution in [0.25, 0.3) is 0 Å². The molecule has 2 atom stereocenters. The molecule has 0 aliphatic rings. The van der Waals surface area contributed by atoms with E-state index in [-0.39, 0.29) is 16.6 Å². The summed E-state index contributed by atoms with van der Waals surface area (Å²) in [4.78, 5) is 4.99. The number of nitrogens with zero attached hydrogens (tertiary/aromatic N) is 2. The summed E-state index contributed by atoms with van der Waals surface area (Å²) in [6.07, 6.45) is 5.20. The van der Waals surface area contributed by atoms with Gasteiger partial charge in [-0.15, -0.1) is 11.8 Å². The van der Waals surface area contributed by atoms with Crippen LogP contribution in [0.1, 0.15) is 16.3 Å². The second kappa shape index (κ2) is 7.39. The number of rotatable bonds is 5. The third-order valence-corrected chi connectivity index (χ3v) is 5.54. The van der Waals surface area contributed by atoms with E-state index in [2.05, 4.69) is 4.98 Å². The molecule has 1 aromatic heterocycles. The van der Waals surface area contributed by atoms with Crippen molar-refractivity contribution in [2.24, 2.45) is 0 Å². The van der Waals surface area contributed by atoms with E-state index in [0.717, 1.165) is 10.5 Å². The molecule has 0 bridgehead atoms. The number of benzene rings is 2. The lowest BCUT2D eigenvalue weighted by Crippen LogP contribution is -2.09. The summed E-state index contributed by atoms with van der Waals surface area (Å²) in [6.45, 7) is 0. The van der Waals surface area contributed by atoms with Crippen molar-refractivity contribution in [3.05, 3.63) is 83.7 Å². The number of aromatic nitrogens is 2. The van der Waals surface area contributed by atoms with E-state index in [0.29, 0.717) is 5.02 Å². The van der Waals surface area contributed by atoms with Gasteiger partial charge in [-0.3, -0.25) is 0 Å². The normalized spacial score (nSPS) is 13.7. The molecule has 0 fully saturated rings. The Hall–Kier alpha value is -1.49. The molecule has 0 amide bonds. The lowest BCUT2D eigenvalue weighted by atomic mass is 10.1. The molecule has 0 saturated heterocycles. The first-order valence-corrected chi connectivity index (χ1v) is 8.62. The summed E-state index contributed by atoms with van der Waals surface area (Å²) in [5, 5.41) is 0.599. The van der Waals surface area contributed by atoms with Crippen LogP contribution in [0.3, 0.4) is 0 Å². The van der Waals surface area contributed by atoms with Gasteiger partial charge in [-0.2, -0.15) is 0 Å². The maximum Gasteiger partial charge on any atom is 0.125 e. The van der Waals surface area contributed by atoms with Gasteiger partial charge in [0.15, 0.2) is 0 Å². The first-order valence-electron chi connectivity index (χ1n) is 6.93. The maximum atomic E-state index is 13.1. The average molecular weight is 367 g/mol. The van der Waals surface area contributed by atoms with E-state index in [1.54, 1.807) is 36.4 Å². The van der Waals surface area contributed by atoms with Gasteiger partial charge in [-0.25, -0.2) is 9.37 Å².